The van der Waals surface area contributed by atoms with E-state index >= 15 is 0 Å². The number of hydrogen-bond donors (Lipinski definition) is 0. The van der Waals surface area contributed by atoms with E-state index in [-0.39, 0.29) is 12.5 Å². The maximum atomic E-state index is 12.4. The molecule has 0 saturated carbocycles. The van der Waals surface area contributed by atoms with Crippen molar-refractivity contribution in [3.8, 4) is 11.5 Å². The molecule has 0 aromatic heterocycles. The standard InChI is InChI=1S/C22H23NO3/c1-3-25-20-10-6-7-11-21(20)26-16-22(24)23(2)15-17-12-13-18-8-4-5-9-19(18)14-17/h4-14H,3,15-16H2,1-2H3. The number of ether oxygens (including phenoxy) is 2. The van der Waals surface area contributed by atoms with Crippen molar-refractivity contribution in [1.29, 1.82) is 0 Å². The first-order valence-corrected chi connectivity index (χ1v) is 8.73. The van der Waals surface area contributed by atoms with Gasteiger partial charge in [-0.1, -0.05) is 48.5 Å². The zero-order valence-electron chi connectivity index (χ0n) is 15.1. The van der Waals surface area contributed by atoms with Crippen molar-refractivity contribution in [2.75, 3.05) is 20.3 Å². The largest absolute Gasteiger partial charge is 0.490 e. The third-order valence-corrected chi connectivity index (χ3v) is 4.16. The van der Waals surface area contributed by atoms with Crippen molar-refractivity contribution in [3.05, 3.63) is 72.3 Å². The number of fused-ring (bicyclic) bond motifs is 1. The molecular formula is C22H23NO3. The molecule has 3 aromatic carbocycles. The van der Waals surface area contributed by atoms with Crippen molar-refractivity contribution < 1.29 is 14.3 Å². The van der Waals surface area contributed by atoms with Crippen LogP contribution in [-0.2, 0) is 11.3 Å². The van der Waals surface area contributed by atoms with Gasteiger partial charge in [0, 0.05) is 13.6 Å². The van der Waals surface area contributed by atoms with Crippen molar-refractivity contribution in [3.63, 3.8) is 0 Å². The van der Waals surface area contributed by atoms with Gasteiger partial charge in [-0.15, -0.1) is 0 Å². The SMILES string of the molecule is CCOc1ccccc1OCC(=O)N(C)Cc1ccc2ccccc2c1. The highest BCUT2D eigenvalue weighted by Gasteiger charge is 2.12. The van der Waals surface area contributed by atoms with Crippen LogP contribution in [0.2, 0.25) is 0 Å². The van der Waals surface area contributed by atoms with E-state index in [1.807, 2.05) is 43.3 Å². The fraction of sp³-hybridized carbons (Fsp3) is 0.227. The predicted octanol–water partition coefficient (Wildman–Crippen LogP) is 4.28. The summed E-state index contributed by atoms with van der Waals surface area (Å²) in [6.45, 7) is 2.99. The molecule has 134 valence electrons. The summed E-state index contributed by atoms with van der Waals surface area (Å²) >= 11 is 0. The van der Waals surface area contributed by atoms with Gasteiger partial charge in [-0.05, 0) is 41.5 Å². The van der Waals surface area contributed by atoms with Gasteiger partial charge >= 0.3 is 0 Å². The summed E-state index contributed by atoms with van der Waals surface area (Å²) < 4.78 is 11.2. The molecule has 0 bridgehead atoms. The first kappa shape index (κ1) is 17.8. The summed E-state index contributed by atoms with van der Waals surface area (Å²) in [5.74, 6) is 1.16. The lowest BCUT2D eigenvalue weighted by Crippen LogP contribution is -2.31. The lowest BCUT2D eigenvalue weighted by molar-refractivity contribution is -0.132. The molecule has 0 spiro atoms. The molecule has 0 N–H and O–H groups in total. The molecule has 0 heterocycles. The van der Waals surface area contributed by atoms with E-state index in [1.54, 1.807) is 11.9 Å². The highest BCUT2D eigenvalue weighted by molar-refractivity contribution is 5.83. The Morgan fingerprint density at radius 1 is 0.885 bits per heavy atom. The fourth-order valence-electron chi connectivity index (χ4n) is 2.79. The number of benzene rings is 3. The Bertz CT molecular complexity index is 891. The van der Waals surface area contributed by atoms with Gasteiger partial charge in [0.15, 0.2) is 18.1 Å². The summed E-state index contributed by atoms with van der Waals surface area (Å²) in [6, 6.07) is 21.8. The molecule has 3 aromatic rings. The van der Waals surface area contributed by atoms with Crippen LogP contribution in [-0.4, -0.2) is 31.1 Å². The van der Waals surface area contributed by atoms with Gasteiger partial charge in [0.1, 0.15) is 0 Å². The summed E-state index contributed by atoms with van der Waals surface area (Å²) in [7, 11) is 1.79. The third-order valence-electron chi connectivity index (χ3n) is 4.16. The zero-order valence-corrected chi connectivity index (χ0v) is 15.1. The highest BCUT2D eigenvalue weighted by Crippen LogP contribution is 2.26. The molecule has 4 nitrogen and oxygen atoms in total. The van der Waals surface area contributed by atoms with Crippen LogP contribution in [0.5, 0.6) is 11.5 Å². The fourth-order valence-corrected chi connectivity index (χ4v) is 2.79. The quantitative estimate of drug-likeness (QED) is 0.639. The molecule has 0 aliphatic heterocycles. The number of likely N-dealkylation sites (N-methyl/N-ethyl adjacent to an activating group) is 1. The minimum absolute atomic E-state index is 0.0197. The zero-order chi connectivity index (χ0) is 18.4. The number of nitrogens with zero attached hydrogens (tertiary/aromatic N) is 1. The average Bonchev–Trinajstić information content (AvgIpc) is 2.67. The molecule has 0 aliphatic carbocycles. The number of carbonyl (C=O) groups is 1. The van der Waals surface area contributed by atoms with Crippen LogP contribution in [0.4, 0.5) is 0 Å². The van der Waals surface area contributed by atoms with Crippen LogP contribution in [0.15, 0.2) is 66.7 Å². The molecule has 0 atom stereocenters. The minimum Gasteiger partial charge on any atom is -0.490 e. The van der Waals surface area contributed by atoms with E-state index in [9.17, 15) is 4.79 Å². The summed E-state index contributed by atoms with van der Waals surface area (Å²) in [4.78, 5) is 14.1. The Balaban J connectivity index is 1.60. The number of rotatable bonds is 7. The molecular weight excluding hydrogens is 326 g/mol. The number of hydrogen-bond acceptors (Lipinski definition) is 3. The average molecular weight is 349 g/mol. The number of para-hydroxylation sites is 2. The maximum absolute atomic E-state index is 12.4. The molecule has 0 aliphatic rings. The van der Waals surface area contributed by atoms with Crippen LogP contribution in [0.25, 0.3) is 10.8 Å². The topological polar surface area (TPSA) is 38.8 Å². The van der Waals surface area contributed by atoms with Crippen LogP contribution < -0.4 is 9.47 Å². The Hall–Kier alpha value is -3.01. The first-order valence-electron chi connectivity index (χ1n) is 8.73. The normalized spacial score (nSPS) is 10.5. The second kappa shape index (κ2) is 8.39. The third kappa shape index (κ3) is 4.33. The molecule has 1 amide bonds. The minimum atomic E-state index is -0.0792. The van der Waals surface area contributed by atoms with E-state index in [1.165, 1.54) is 10.8 Å². The van der Waals surface area contributed by atoms with E-state index in [4.69, 9.17) is 9.47 Å². The second-order valence-electron chi connectivity index (χ2n) is 6.10. The van der Waals surface area contributed by atoms with Gasteiger partial charge in [0.05, 0.1) is 6.61 Å². The van der Waals surface area contributed by atoms with Crippen LogP contribution in [0.1, 0.15) is 12.5 Å². The van der Waals surface area contributed by atoms with E-state index in [0.29, 0.717) is 24.7 Å². The van der Waals surface area contributed by atoms with Crippen molar-refractivity contribution in [1.82, 2.24) is 4.90 Å². The Labute approximate surface area is 154 Å². The Morgan fingerprint density at radius 3 is 2.27 bits per heavy atom. The summed E-state index contributed by atoms with van der Waals surface area (Å²) in [5, 5.41) is 2.37. The lowest BCUT2D eigenvalue weighted by atomic mass is 10.1. The summed E-state index contributed by atoms with van der Waals surface area (Å²) in [6.07, 6.45) is 0. The maximum Gasteiger partial charge on any atom is 0.260 e. The molecule has 0 saturated heterocycles. The van der Waals surface area contributed by atoms with Crippen LogP contribution in [0.3, 0.4) is 0 Å². The van der Waals surface area contributed by atoms with E-state index < -0.39 is 0 Å². The van der Waals surface area contributed by atoms with Gasteiger partial charge in [-0.25, -0.2) is 0 Å². The smallest absolute Gasteiger partial charge is 0.260 e. The number of carbonyl (C=O) groups excluding carboxylic acids is 1. The van der Waals surface area contributed by atoms with Crippen LogP contribution in [0, 0.1) is 0 Å². The van der Waals surface area contributed by atoms with Crippen LogP contribution >= 0.6 is 0 Å². The van der Waals surface area contributed by atoms with Crippen molar-refractivity contribution >= 4 is 16.7 Å². The van der Waals surface area contributed by atoms with E-state index in [2.05, 4.69) is 30.3 Å². The van der Waals surface area contributed by atoms with Gasteiger partial charge in [0.2, 0.25) is 0 Å². The van der Waals surface area contributed by atoms with Gasteiger partial charge < -0.3 is 14.4 Å². The van der Waals surface area contributed by atoms with E-state index in [0.717, 1.165) is 5.56 Å². The molecule has 3 rings (SSSR count). The Morgan fingerprint density at radius 2 is 1.54 bits per heavy atom. The lowest BCUT2D eigenvalue weighted by Gasteiger charge is -2.18. The monoisotopic (exact) mass is 349 g/mol. The van der Waals surface area contributed by atoms with Gasteiger partial charge in [0.25, 0.3) is 5.91 Å². The molecule has 0 fully saturated rings. The molecule has 26 heavy (non-hydrogen) atoms. The number of amides is 1. The van der Waals surface area contributed by atoms with Gasteiger partial charge in [-0.2, -0.15) is 0 Å². The Kier molecular flexibility index (Phi) is 5.74. The van der Waals surface area contributed by atoms with Crippen molar-refractivity contribution in [2.24, 2.45) is 0 Å². The summed E-state index contributed by atoms with van der Waals surface area (Å²) in [5.41, 5.74) is 1.09. The van der Waals surface area contributed by atoms with Gasteiger partial charge in [-0.3, -0.25) is 4.79 Å². The second-order valence-corrected chi connectivity index (χ2v) is 6.10. The first-order chi connectivity index (χ1) is 12.7. The molecule has 0 unspecified atom stereocenters. The molecule has 4 heteroatoms. The molecule has 0 radical (unpaired) electrons. The predicted molar refractivity (Wildman–Crippen MR) is 104 cm³/mol. The van der Waals surface area contributed by atoms with Crippen molar-refractivity contribution in [2.45, 2.75) is 13.5 Å². The highest BCUT2D eigenvalue weighted by atomic mass is 16.5.